The molecule has 1 N–H and O–H groups in total. The number of rotatable bonds is 5. The lowest BCUT2D eigenvalue weighted by Gasteiger charge is -2.16. The molecule has 0 heterocycles. The number of methoxy groups -OCH3 is 1. The number of amides is 1. The van der Waals surface area contributed by atoms with Crippen LogP contribution in [0.3, 0.4) is 0 Å². The largest absolute Gasteiger partial charge is 0.495 e. The maximum atomic E-state index is 12.5. The minimum atomic E-state index is -3.87. The number of halogens is 1. The van der Waals surface area contributed by atoms with Crippen molar-refractivity contribution in [3.8, 4) is 5.75 Å². The second-order valence-corrected chi connectivity index (χ2v) is 7.11. The van der Waals surface area contributed by atoms with Crippen molar-refractivity contribution in [3.05, 3.63) is 47.5 Å². The van der Waals surface area contributed by atoms with Gasteiger partial charge in [0.25, 0.3) is 10.0 Å². The molecule has 0 unspecified atom stereocenters. The third kappa shape index (κ3) is 3.98. The predicted octanol–water partition coefficient (Wildman–Crippen LogP) is 3.13. The molecule has 8 heteroatoms. The van der Waals surface area contributed by atoms with Gasteiger partial charge in [-0.1, -0.05) is 11.6 Å². The van der Waals surface area contributed by atoms with E-state index in [0.717, 1.165) is 0 Å². The number of anilines is 2. The third-order valence-electron chi connectivity index (χ3n) is 3.39. The molecule has 0 fully saturated rings. The van der Waals surface area contributed by atoms with Gasteiger partial charge in [-0.15, -0.1) is 0 Å². The predicted molar refractivity (Wildman–Crippen MR) is 94.3 cm³/mol. The Hall–Kier alpha value is -2.25. The third-order valence-corrected chi connectivity index (χ3v) is 5.03. The first-order valence-electron chi connectivity index (χ1n) is 6.95. The van der Waals surface area contributed by atoms with E-state index in [0.29, 0.717) is 11.4 Å². The number of carbonyl (C=O) groups is 1. The van der Waals surface area contributed by atoms with Gasteiger partial charge in [-0.05, 0) is 42.5 Å². The fraction of sp³-hybridized carbons (Fsp3) is 0.188. The van der Waals surface area contributed by atoms with E-state index in [9.17, 15) is 13.2 Å². The van der Waals surface area contributed by atoms with Crippen LogP contribution in [0.2, 0.25) is 5.02 Å². The number of nitrogens with zero attached hydrogens (tertiary/aromatic N) is 1. The second-order valence-electron chi connectivity index (χ2n) is 5.03. The molecule has 6 nitrogen and oxygen atoms in total. The number of benzene rings is 2. The van der Waals surface area contributed by atoms with E-state index in [4.69, 9.17) is 16.3 Å². The number of hydrogen-bond donors (Lipinski definition) is 1. The van der Waals surface area contributed by atoms with Crippen molar-refractivity contribution in [2.24, 2.45) is 0 Å². The summed E-state index contributed by atoms with van der Waals surface area (Å²) >= 11 is 5.88. The van der Waals surface area contributed by atoms with Gasteiger partial charge in [0, 0.05) is 30.4 Å². The first-order chi connectivity index (χ1) is 11.2. The zero-order valence-corrected chi connectivity index (χ0v) is 15.0. The van der Waals surface area contributed by atoms with E-state index in [2.05, 4.69) is 4.72 Å². The smallest absolute Gasteiger partial charge is 0.265 e. The van der Waals surface area contributed by atoms with E-state index >= 15 is 0 Å². The highest BCUT2D eigenvalue weighted by atomic mass is 35.5. The maximum Gasteiger partial charge on any atom is 0.265 e. The monoisotopic (exact) mass is 368 g/mol. The molecule has 0 aliphatic rings. The van der Waals surface area contributed by atoms with Gasteiger partial charge < -0.3 is 9.64 Å². The lowest BCUT2D eigenvalue weighted by Crippen LogP contribution is -2.22. The van der Waals surface area contributed by atoms with Crippen LogP contribution in [-0.4, -0.2) is 28.5 Å². The standard InChI is InChI=1S/C16H17ClN2O4S/c1-11(20)19(2)14-7-5-13(6-8-14)18-24(21,22)16-10-12(17)4-9-15(16)23-3/h4-10,18H,1-3H3. The average molecular weight is 369 g/mol. The molecule has 0 radical (unpaired) electrons. The highest BCUT2D eigenvalue weighted by Crippen LogP contribution is 2.29. The Morgan fingerprint density at radius 3 is 2.33 bits per heavy atom. The number of nitrogens with one attached hydrogen (secondary N) is 1. The molecule has 0 aliphatic carbocycles. The number of hydrogen-bond acceptors (Lipinski definition) is 4. The summed E-state index contributed by atoms with van der Waals surface area (Å²) in [4.78, 5) is 12.7. The molecule has 0 saturated heterocycles. The van der Waals surface area contributed by atoms with Crippen molar-refractivity contribution in [1.29, 1.82) is 0 Å². The van der Waals surface area contributed by atoms with E-state index in [1.807, 2.05) is 0 Å². The van der Waals surface area contributed by atoms with Crippen LogP contribution in [0.5, 0.6) is 5.75 Å². The molecule has 2 rings (SSSR count). The fourth-order valence-electron chi connectivity index (χ4n) is 2.01. The lowest BCUT2D eigenvalue weighted by molar-refractivity contribution is -0.116. The summed E-state index contributed by atoms with van der Waals surface area (Å²) in [6.45, 7) is 1.45. The molecule has 0 bridgehead atoms. The average Bonchev–Trinajstić information content (AvgIpc) is 2.54. The molecule has 0 aromatic heterocycles. The summed E-state index contributed by atoms with van der Waals surface area (Å²) in [5.41, 5.74) is 1.02. The Morgan fingerprint density at radius 1 is 1.17 bits per heavy atom. The fourth-order valence-corrected chi connectivity index (χ4v) is 3.50. The Balaban J connectivity index is 2.30. The zero-order valence-electron chi connectivity index (χ0n) is 13.4. The Bertz CT molecular complexity index is 851. The molecular weight excluding hydrogens is 352 g/mol. The van der Waals surface area contributed by atoms with Crippen molar-refractivity contribution in [1.82, 2.24) is 0 Å². The Morgan fingerprint density at radius 2 is 1.79 bits per heavy atom. The molecule has 2 aromatic rings. The van der Waals surface area contributed by atoms with Crippen LogP contribution in [0.25, 0.3) is 0 Å². The van der Waals surface area contributed by atoms with Crippen molar-refractivity contribution in [2.45, 2.75) is 11.8 Å². The first kappa shape index (κ1) is 18.1. The van der Waals surface area contributed by atoms with E-state index in [1.165, 1.54) is 31.1 Å². The summed E-state index contributed by atoms with van der Waals surface area (Å²) in [6, 6.07) is 10.8. The molecule has 0 saturated carbocycles. The normalized spacial score (nSPS) is 11.0. The Kier molecular flexibility index (Phi) is 5.36. The van der Waals surface area contributed by atoms with E-state index in [-0.39, 0.29) is 21.6 Å². The van der Waals surface area contributed by atoms with Crippen molar-refractivity contribution >= 4 is 38.9 Å². The van der Waals surface area contributed by atoms with Gasteiger partial charge >= 0.3 is 0 Å². The van der Waals surface area contributed by atoms with Crippen molar-refractivity contribution in [2.75, 3.05) is 23.8 Å². The van der Waals surface area contributed by atoms with Gasteiger partial charge in [0.1, 0.15) is 10.6 Å². The Labute approximate surface area is 146 Å². The minimum absolute atomic E-state index is 0.0533. The van der Waals surface area contributed by atoms with Crippen molar-refractivity contribution in [3.63, 3.8) is 0 Å². The van der Waals surface area contributed by atoms with Gasteiger partial charge in [-0.25, -0.2) is 8.42 Å². The van der Waals surface area contributed by atoms with Crippen LogP contribution in [0.4, 0.5) is 11.4 Å². The number of sulfonamides is 1. The molecule has 0 aliphatic heterocycles. The lowest BCUT2D eigenvalue weighted by atomic mass is 10.2. The molecule has 2 aromatic carbocycles. The zero-order chi connectivity index (χ0) is 17.9. The van der Waals surface area contributed by atoms with E-state index in [1.54, 1.807) is 37.4 Å². The second kappa shape index (κ2) is 7.11. The highest BCUT2D eigenvalue weighted by molar-refractivity contribution is 7.92. The summed E-state index contributed by atoms with van der Waals surface area (Å²) in [5.74, 6) is 0.0758. The molecule has 1 amide bonds. The quantitative estimate of drug-likeness (QED) is 0.879. The van der Waals surface area contributed by atoms with Crippen molar-refractivity contribution < 1.29 is 17.9 Å². The van der Waals surface area contributed by atoms with Crippen LogP contribution in [0, 0.1) is 0 Å². The highest BCUT2D eigenvalue weighted by Gasteiger charge is 2.20. The van der Waals surface area contributed by atoms with Crippen LogP contribution >= 0.6 is 11.6 Å². The molecule has 0 atom stereocenters. The summed E-state index contributed by atoms with van der Waals surface area (Å²) in [7, 11) is -0.847. The number of carbonyl (C=O) groups excluding carboxylic acids is 1. The first-order valence-corrected chi connectivity index (χ1v) is 8.81. The number of ether oxygens (including phenoxy) is 1. The summed E-state index contributed by atoms with van der Waals surface area (Å²) in [5, 5.41) is 0.287. The molecular formula is C16H17ClN2O4S. The van der Waals surface area contributed by atoms with Crippen LogP contribution < -0.4 is 14.4 Å². The molecule has 128 valence electrons. The summed E-state index contributed by atoms with van der Waals surface area (Å²) in [6.07, 6.45) is 0. The van der Waals surface area contributed by atoms with Crippen LogP contribution in [-0.2, 0) is 14.8 Å². The van der Waals surface area contributed by atoms with Gasteiger partial charge in [0.15, 0.2) is 0 Å². The maximum absolute atomic E-state index is 12.5. The van der Waals surface area contributed by atoms with Gasteiger partial charge in [-0.3, -0.25) is 9.52 Å². The van der Waals surface area contributed by atoms with Crippen LogP contribution in [0.15, 0.2) is 47.4 Å². The van der Waals surface area contributed by atoms with Crippen LogP contribution in [0.1, 0.15) is 6.92 Å². The SMILES string of the molecule is COc1ccc(Cl)cc1S(=O)(=O)Nc1ccc(N(C)C(C)=O)cc1. The van der Waals surface area contributed by atoms with Gasteiger partial charge in [-0.2, -0.15) is 0 Å². The topological polar surface area (TPSA) is 75.7 Å². The molecule has 0 spiro atoms. The minimum Gasteiger partial charge on any atom is -0.495 e. The van der Waals surface area contributed by atoms with Gasteiger partial charge in [0.05, 0.1) is 7.11 Å². The summed E-state index contributed by atoms with van der Waals surface area (Å²) < 4.78 is 32.6. The van der Waals surface area contributed by atoms with E-state index < -0.39 is 10.0 Å². The molecule has 24 heavy (non-hydrogen) atoms. The van der Waals surface area contributed by atoms with Gasteiger partial charge in [0.2, 0.25) is 5.91 Å².